The first-order chi connectivity index (χ1) is 16.6. The Kier molecular flexibility index (Phi) is 14.1. The van der Waals surface area contributed by atoms with Gasteiger partial charge in [0.1, 0.15) is 0 Å². The molecule has 0 aliphatic carbocycles. The first kappa shape index (κ1) is 29.0. The van der Waals surface area contributed by atoms with E-state index in [0.29, 0.717) is 13.0 Å². The van der Waals surface area contributed by atoms with E-state index in [1.807, 2.05) is 62.9 Å². The SMILES string of the molecule is C=CCNC1=C(CC=C)CCN(C(=O)CCc2ccccc2)C1c1ccc(C)cc1.CC.CC. The molecule has 1 amide bonds. The van der Waals surface area contributed by atoms with Crippen LogP contribution in [0.15, 0.2) is 91.2 Å². The van der Waals surface area contributed by atoms with Crippen LogP contribution in [0.2, 0.25) is 0 Å². The van der Waals surface area contributed by atoms with Crippen LogP contribution in [0.4, 0.5) is 0 Å². The lowest BCUT2D eigenvalue weighted by Gasteiger charge is -2.40. The van der Waals surface area contributed by atoms with E-state index in [9.17, 15) is 4.79 Å². The van der Waals surface area contributed by atoms with Crippen molar-refractivity contribution in [1.82, 2.24) is 10.2 Å². The summed E-state index contributed by atoms with van der Waals surface area (Å²) < 4.78 is 0. The molecule has 1 heterocycles. The number of amides is 1. The fraction of sp³-hybridized carbons (Fsp3) is 0.387. The van der Waals surface area contributed by atoms with Gasteiger partial charge in [-0.1, -0.05) is 100 Å². The zero-order chi connectivity index (χ0) is 25.3. The number of allylic oxidation sites excluding steroid dienone is 1. The summed E-state index contributed by atoms with van der Waals surface area (Å²) in [6.45, 7) is 19.3. The molecular formula is C31H44N2O. The lowest BCUT2D eigenvalue weighted by atomic mass is 9.90. The first-order valence-electron chi connectivity index (χ1n) is 12.7. The maximum Gasteiger partial charge on any atom is 0.223 e. The highest BCUT2D eigenvalue weighted by Gasteiger charge is 2.33. The lowest BCUT2D eigenvalue weighted by Crippen LogP contribution is -2.43. The van der Waals surface area contributed by atoms with Gasteiger partial charge in [-0.25, -0.2) is 0 Å². The first-order valence-corrected chi connectivity index (χ1v) is 12.7. The Hall–Kier alpha value is -3.07. The van der Waals surface area contributed by atoms with Crippen LogP contribution in [-0.4, -0.2) is 23.9 Å². The summed E-state index contributed by atoms with van der Waals surface area (Å²) >= 11 is 0. The minimum absolute atomic E-state index is 0.0995. The number of benzene rings is 2. The van der Waals surface area contributed by atoms with Gasteiger partial charge in [-0.05, 0) is 42.9 Å². The second kappa shape index (κ2) is 16.5. The molecule has 3 rings (SSSR count). The summed E-state index contributed by atoms with van der Waals surface area (Å²) in [6.07, 6.45) is 6.77. The van der Waals surface area contributed by atoms with Crippen molar-refractivity contribution in [2.75, 3.05) is 13.1 Å². The third-order valence-electron chi connectivity index (χ3n) is 5.63. The van der Waals surface area contributed by atoms with Gasteiger partial charge in [0, 0.05) is 25.2 Å². The molecule has 184 valence electrons. The molecule has 2 aromatic rings. The lowest BCUT2D eigenvalue weighted by molar-refractivity contribution is -0.133. The number of carbonyl (C=O) groups is 1. The van der Waals surface area contributed by atoms with Gasteiger partial charge in [0.2, 0.25) is 5.91 Å². The Bertz CT molecular complexity index is 897. The Morgan fingerprint density at radius 1 is 1.00 bits per heavy atom. The Morgan fingerprint density at radius 2 is 1.65 bits per heavy atom. The summed E-state index contributed by atoms with van der Waals surface area (Å²) in [5, 5.41) is 3.55. The van der Waals surface area contributed by atoms with Gasteiger partial charge in [-0.3, -0.25) is 4.79 Å². The van der Waals surface area contributed by atoms with Crippen LogP contribution in [0.1, 0.15) is 69.7 Å². The zero-order valence-electron chi connectivity index (χ0n) is 21.9. The molecular weight excluding hydrogens is 416 g/mol. The number of carbonyl (C=O) groups excluding carboxylic acids is 1. The van der Waals surface area contributed by atoms with Crippen molar-refractivity contribution in [2.45, 2.75) is 66.3 Å². The smallest absolute Gasteiger partial charge is 0.223 e. The van der Waals surface area contributed by atoms with E-state index < -0.39 is 0 Å². The van der Waals surface area contributed by atoms with Gasteiger partial charge in [-0.2, -0.15) is 0 Å². The number of hydrogen-bond donors (Lipinski definition) is 1. The quantitative estimate of drug-likeness (QED) is 0.392. The molecule has 0 saturated carbocycles. The third-order valence-corrected chi connectivity index (χ3v) is 5.63. The predicted octanol–water partition coefficient (Wildman–Crippen LogP) is 7.56. The molecule has 2 aromatic carbocycles. The minimum Gasteiger partial charge on any atom is -0.383 e. The van der Waals surface area contributed by atoms with Crippen molar-refractivity contribution in [3.05, 3.63) is 108 Å². The largest absolute Gasteiger partial charge is 0.383 e. The molecule has 0 saturated heterocycles. The molecule has 3 nitrogen and oxygen atoms in total. The van der Waals surface area contributed by atoms with Gasteiger partial charge >= 0.3 is 0 Å². The number of nitrogens with zero attached hydrogens (tertiary/aromatic N) is 1. The van der Waals surface area contributed by atoms with Crippen molar-refractivity contribution in [3.8, 4) is 0 Å². The molecule has 0 radical (unpaired) electrons. The molecule has 1 unspecified atom stereocenters. The van der Waals surface area contributed by atoms with E-state index in [1.54, 1.807) is 0 Å². The zero-order valence-corrected chi connectivity index (χ0v) is 21.9. The van der Waals surface area contributed by atoms with Gasteiger partial charge in [0.25, 0.3) is 0 Å². The molecule has 3 heteroatoms. The summed E-state index contributed by atoms with van der Waals surface area (Å²) in [5.74, 6) is 0.194. The highest BCUT2D eigenvalue weighted by Crippen LogP contribution is 2.36. The highest BCUT2D eigenvalue weighted by molar-refractivity contribution is 5.78. The van der Waals surface area contributed by atoms with E-state index in [-0.39, 0.29) is 11.9 Å². The fourth-order valence-corrected chi connectivity index (χ4v) is 4.06. The number of hydrogen-bond acceptors (Lipinski definition) is 2. The van der Waals surface area contributed by atoms with Crippen LogP contribution < -0.4 is 5.32 Å². The molecule has 1 N–H and O–H groups in total. The maximum atomic E-state index is 13.3. The minimum atomic E-state index is -0.0995. The average Bonchev–Trinajstić information content (AvgIpc) is 2.90. The standard InChI is InChI=1S/C27H32N2O.2C2H6/c1-4-9-23-18-20-29(25(30)17-14-22-10-7-6-8-11-22)27(26(23)28-19-5-2)24-15-12-21(3)13-16-24;2*1-2/h4-8,10-13,15-16,27-28H,1-2,9,14,17-20H2,3H3;2*1-2H3. The molecule has 1 atom stereocenters. The maximum absolute atomic E-state index is 13.3. The molecule has 0 bridgehead atoms. The predicted molar refractivity (Wildman–Crippen MR) is 148 cm³/mol. The molecule has 1 aliphatic rings. The highest BCUT2D eigenvalue weighted by atomic mass is 16.2. The second-order valence-corrected chi connectivity index (χ2v) is 7.82. The molecule has 0 spiro atoms. The molecule has 0 fully saturated rings. The van der Waals surface area contributed by atoms with Crippen molar-refractivity contribution in [1.29, 1.82) is 0 Å². The van der Waals surface area contributed by atoms with Gasteiger partial charge in [0.15, 0.2) is 0 Å². The third kappa shape index (κ3) is 8.37. The van der Waals surface area contributed by atoms with E-state index in [1.165, 1.54) is 16.7 Å². The summed E-state index contributed by atoms with van der Waals surface area (Å²) in [6, 6.07) is 18.6. The van der Waals surface area contributed by atoms with Crippen LogP contribution in [0.25, 0.3) is 0 Å². The molecule has 34 heavy (non-hydrogen) atoms. The topological polar surface area (TPSA) is 32.3 Å². The Labute approximate surface area is 208 Å². The number of nitrogens with one attached hydrogen (secondary N) is 1. The van der Waals surface area contributed by atoms with Crippen LogP contribution >= 0.6 is 0 Å². The van der Waals surface area contributed by atoms with Gasteiger partial charge in [-0.15, -0.1) is 13.2 Å². The van der Waals surface area contributed by atoms with Crippen LogP contribution in [0, 0.1) is 6.92 Å². The summed E-state index contributed by atoms with van der Waals surface area (Å²) in [4.78, 5) is 15.4. The monoisotopic (exact) mass is 460 g/mol. The van der Waals surface area contributed by atoms with E-state index in [4.69, 9.17) is 0 Å². The van der Waals surface area contributed by atoms with E-state index >= 15 is 0 Å². The molecule has 0 aromatic heterocycles. The van der Waals surface area contributed by atoms with E-state index in [2.05, 4.69) is 61.8 Å². The number of rotatable bonds is 9. The van der Waals surface area contributed by atoms with Crippen molar-refractivity contribution >= 4 is 5.91 Å². The van der Waals surface area contributed by atoms with Crippen LogP contribution in [0.3, 0.4) is 0 Å². The molecule has 1 aliphatic heterocycles. The average molecular weight is 461 g/mol. The Morgan fingerprint density at radius 3 is 2.24 bits per heavy atom. The van der Waals surface area contributed by atoms with Crippen molar-refractivity contribution in [3.63, 3.8) is 0 Å². The van der Waals surface area contributed by atoms with Crippen LogP contribution in [-0.2, 0) is 11.2 Å². The van der Waals surface area contributed by atoms with E-state index in [0.717, 1.165) is 37.1 Å². The fourth-order valence-electron chi connectivity index (χ4n) is 4.06. The Balaban J connectivity index is 0.00000137. The summed E-state index contributed by atoms with van der Waals surface area (Å²) in [5.41, 5.74) is 6.00. The van der Waals surface area contributed by atoms with Crippen LogP contribution in [0.5, 0.6) is 0 Å². The number of aryl methyl sites for hydroxylation is 2. The second-order valence-electron chi connectivity index (χ2n) is 7.82. The van der Waals surface area contributed by atoms with Crippen molar-refractivity contribution < 1.29 is 4.79 Å². The summed E-state index contributed by atoms with van der Waals surface area (Å²) in [7, 11) is 0. The van der Waals surface area contributed by atoms with Gasteiger partial charge < -0.3 is 10.2 Å². The van der Waals surface area contributed by atoms with Gasteiger partial charge in [0.05, 0.1) is 6.04 Å². The normalized spacial score (nSPS) is 14.7. The van der Waals surface area contributed by atoms with Crippen molar-refractivity contribution in [2.24, 2.45) is 0 Å².